The second-order valence-electron chi connectivity index (χ2n) is 3.37. The van der Waals surface area contributed by atoms with Crippen molar-refractivity contribution < 1.29 is 9.13 Å². The van der Waals surface area contributed by atoms with E-state index >= 15 is 0 Å². The van der Waals surface area contributed by atoms with Crippen molar-refractivity contribution in [1.82, 2.24) is 4.90 Å². The number of rotatable bonds is 2. The number of halogens is 1. The molecule has 0 spiro atoms. The summed E-state index contributed by atoms with van der Waals surface area (Å²) >= 11 is 0. The normalized spacial score (nSPS) is 29.5. The van der Waals surface area contributed by atoms with E-state index in [1.807, 2.05) is 7.05 Å². The van der Waals surface area contributed by atoms with Gasteiger partial charge in [-0.3, -0.25) is 4.90 Å². The van der Waals surface area contributed by atoms with E-state index in [9.17, 15) is 4.39 Å². The summed E-state index contributed by atoms with van der Waals surface area (Å²) in [6.45, 7) is 2.96. The van der Waals surface area contributed by atoms with Crippen LogP contribution in [-0.2, 0) is 4.74 Å². The molecule has 2 nitrogen and oxygen atoms in total. The molecule has 0 aromatic heterocycles. The molecule has 0 aromatic carbocycles. The molecule has 1 heterocycles. The minimum atomic E-state index is -0.0274. The van der Waals surface area contributed by atoms with Crippen LogP contribution in [-0.4, -0.2) is 38.3 Å². The molecule has 12 heavy (non-hydrogen) atoms. The van der Waals surface area contributed by atoms with Crippen molar-refractivity contribution in [2.45, 2.75) is 19.4 Å². The average Bonchev–Trinajstić information content (AvgIpc) is 2.34. The summed E-state index contributed by atoms with van der Waals surface area (Å²) in [6, 6.07) is 0.357. The molecule has 1 rings (SSSR count). The quantitative estimate of drug-likeness (QED) is 0.628. The Bertz CT molecular complexity index is 187. The van der Waals surface area contributed by atoms with Gasteiger partial charge in [-0.2, -0.15) is 0 Å². The van der Waals surface area contributed by atoms with Crippen LogP contribution in [0.3, 0.4) is 0 Å². The molecule has 0 N–H and O–H groups in total. The molecule has 1 aliphatic heterocycles. The first kappa shape index (κ1) is 9.68. The lowest BCUT2D eigenvalue weighted by Crippen LogP contribution is -2.28. The molecule has 70 valence electrons. The monoisotopic (exact) mass is 173 g/mol. The second kappa shape index (κ2) is 4.01. The summed E-state index contributed by atoms with van der Waals surface area (Å²) in [5.74, 6) is -0.0274. The Kier molecular flexibility index (Phi) is 3.23. The maximum absolute atomic E-state index is 12.8. The summed E-state index contributed by atoms with van der Waals surface area (Å²) in [7, 11) is 3.68. The Labute approximate surface area is 73.0 Å². The number of hydrogen-bond acceptors (Lipinski definition) is 2. The van der Waals surface area contributed by atoms with Crippen molar-refractivity contribution >= 4 is 0 Å². The Morgan fingerprint density at radius 2 is 2.42 bits per heavy atom. The zero-order valence-corrected chi connectivity index (χ0v) is 7.93. The van der Waals surface area contributed by atoms with Gasteiger partial charge in [0.15, 0.2) is 0 Å². The minimum Gasteiger partial charge on any atom is -0.383 e. The van der Waals surface area contributed by atoms with Gasteiger partial charge in [0.2, 0.25) is 0 Å². The lowest BCUT2D eigenvalue weighted by Gasteiger charge is -2.16. The molecule has 0 bridgehead atoms. The van der Waals surface area contributed by atoms with Gasteiger partial charge in [0, 0.05) is 19.7 Å². The van der Waals surface area contributed by atoms with Crippen LogP contribution in [0.5, 0.6) is 0 Å². The summed E-state index contributed by atoms with van der Waals surface area (Å²) in [5.41, 5.74) is 0.916. The summed E-state index contributed by atoms with van der Waals surface area (Å²) in [4.78, 5) is 2.13. The van der Waals surface area contributed by atoms with Crippen LogP contribution < -0.4 is 0 Å². The molecule has 1 unspecified atom stereocenters. The first-order chi connectivity index (χ1) is 5.65. The molecule has 1 atom stereocenters. The minimum absolute atomic E-state index is 0.0274. The van der Waals surface area contributed by atoms with E-state index in [0.717, 1.165) is 18.5 Å². The van der Waals surface area contributed by atoms with E-state index in [2.05, 4.69) is 4.90 Å². The van der Waals surface area contributed by atoms with Crippen molar-refractivity contribution in [3.8, 4) is 0 Å². The van der Waals surface area contributed by atoms with E-state index in [1.165, 1.54) is 6.92 Å². The average molecular weight is 173 g/mol. The Balaban J connectivity index is 2.56. The highest BCUT2D eigenvalue weighted by Crippen LogP contribution is 2.24. The number of methoxy groups -OCH3 is 1. The van der Waals surface area contributed by atoms with E-state index in [0.29, 0.717) is 12.6 Å². The molecule has 0 aromatic rings. The predicted molar refractivity (Wildman–Crippen MR) is 46.7 cm³/mol. The van der Waals surface area contributed by atoms with Crippen LogP contribution in [0.25, 0.3) is 0 Å². The van der Waals surface area contributed by atoms with Gasteiger partial charge in [-0.1, -0.05) is 0 Å². The summed E-state index contributed by atoms with van der Waals surface area (Å²) < 4.78 is 17.8. The van der Waals surface area contributed by atoms with E-state index in [1.54, 1.807) is 7.11 Å². The summed E-state index contributed by atoms with van der Waals surface area (Å²) in [6.07, 6.45) is 0.812. The van der Waals surface area contributed by atoms with E-state index < -0.39 is 0 Å². The van der Waals surface area contributed by atoms with Gasteiger partial charge in [0.1, 0.15) is 0 Å². The Hall–Kier alpha value is -0.410. The highest BCUT2D eigenvalue weighted by molar-refractivity contribution is 5.15. The fourth-order valence-electron chi connectivity index (χ4n) is 1.56. The maximum atomic E-state index is 12.8. The van der Waals surface area contributed by atoms with Gasteiger partial charge in [-0.05, 0) is 26.0 Å². The van der Waals surface area contributed by atoms with Gasteiger partial charge in [-0.15, -0.1) is 0 Å². The number of ether oxygens (including phenoxy) is 1. The molecule has 0 radical (unpaired) electrons. The van der Waals surface area contributed by atoms with Crippen molar-refractivity contribution in [2.75, 3.05) is 27.3 Å². The van der Waals surface area contributed by atoms with Gasteiger partial charge in [0.25, 0.3) is 0 Å². The van der Waals surface area contributed by atoms with Gasteiger partial charge >= 0.3 is 0 Å². The topological polar surface area (TPSA) is 12.5 Å². The molecule has 0 amide bonds. The standard InChI is InChI=1S/C9H16FNO/c1-7(10)8-4-9(6-12-3)11(2)5-8/h9H,4-6H2,1-3H3/b8-7-. The third kappa shape index (κ3) is 2.05. The lowest BCUT2D eigenvalue weighted by atomic mass is 10.1. The highest BCUT2D eigenvalue weighted by atomic mass is 19.1. The zero-order chi connectivity index (χ0) is 9.14. The lowest BCUT2D eigenvalue weighted by molar-refractivity contribution is 0.129. The molecule has 1 saturated heterocycles. The maximum Gasteiger partial charge on any atom is 0.0974 e. The van der Waals surface area contributed by atoms with Crippen molar-refractivity contribution in [3.63, 3.8) is 0 Å². The van der Waals surface area contributed by atoms with Crippen LogP contribution in [0.4, 0.5) is 4.39 Å². The third-order valence-corrected chi connectivity index (χ3v) is 2.39. The fourth-order valence-corrected chi connectivity index (χ4v) is 1.56. The zero-order valence-electron chi connectivity index (χ0n) is 7.93. The molecule has 1 aliphatic rings. The first-order valence-electron chi connectivity index (χ1n) is 4.18. The van der Waals surface area contributed by atoms with Crippen LogP contribution in [0.1, 0.15) is 13.3 Å². The second-order valence-corrected chi connectivity index (χ2v) is 3.37. The number of likely N-dealkylation sites (tertiary alicyclic amines) is 1. The van der Waals surface area contributed by atoms with Crippen molar-refractivity contribution in [3.05, 3.63) is 11.4 Å². The van der Waals surface area contributed by atoms with Crippen LogP contribution in [0.15, 0.2) is 11.4 Å². The molecular formula is C9H16FNO. The fraction of sp³-hybridized carbons (Fsp3) is 0.778. The van der Waals surface area contributed by atoms with Crippen LogP contribution in [0, 0.1) is 0 Å². The number of nitrogens with zero attached hydrogens (tertiary/aromatic N) is 1. The Morgan fingerprint density at radius 3 is 2.83 bits per heavy atom. The van der Waals surface area contributed by atoms with Crippen molar-refractivity contribution in [2.24, 2.45) is 0 Å². The largest absolute Gasteiger partial charge is 0.383 e. The van der Waals surface area contributed by atoms with Gasteiger partial charge < -0.3 is 4.74 Å². The number of likely N-dealkylation sites (N-methyl/N-ethyl adjacent to an activating group) is 1. The number of hydrogen-bond donors (Lipinski definition) is 0. The molecule has 1 fully saturated rings. The summed E-state index contributed by atoms with van der Waals surface area (Å²) in [5, 5.41) is 0. The van der Waals surface area contributed by atoms with Gasteiger partial charge in [0.05, 0.1) is 12.4 Å². The molecule has 0 saturated carbocycles. The van der Waals surface area contributed by atoms with Gasteiger partial charge in [-0.25, -0.2) is 4.39 Å². The molecule has 0 aliphatic carbocycles. The first-order valence-corrected chi connectivity index (χ1v) is 4.18. The van der Waals surface area contributed by atoms with E-state index in [4.69, 9.17) is 4.74 Å². The number of allylic oxidation sites excluding steroid dienone is 1. The van der Waals surface area contributed by atoms with Crippen LogP contribution in [0.2, 0.25) is 0 Å². The smallest absolute Gasteiger partial charge is 0.0974 e. The Morgan fingerprint density at radius 1 is 1.75 bits per heavy atom. The SMILES string of the molecule is COCC1C/C(=C(\C)F)CN1C. The van der Waals surface area contributed by atoms with Crippen molar-refractivity contribution in [1.29, 1.82) is 0 Å². The highest BCUT2D eigenvalue weighted by Gasteiger charge is 2.25. The van der Waals surface area contributed by atoms with Crippen LogP contribution >= 0.6 is 0 Å². The molecular weight excluding hydrogens is 157 g/mol. The third-order valence-electron chi connectivity index (χ3n) is 2.39. The molecule has 3 heteroatoms. The predicted octanol–water partition coefficient (Wildman–Crippen LogP) is 1.58. The van der Waals surface area contributed by atoms with E-state index in [-0.39, 0.29) is 5.83 Å².